The van der Waals surface area contributed by atoms with Crippen LogP contribution in [0.1, 0.15) is 0 Å². The van der Waals surface area contributed by atoms with Gasteiger partial charge in [0.1, 0.15) is 0 Å². The first-order valence-electron chi connectivity index (χ1n) is 14.8. The van der Waals surface area contributed by atoms with Crippen LogP contribution in [0.4, 0.5) is 0 Å². The molecule has 8 aromatic carbocycles. The van der Waals surface area contributed by atoms with Gasteiger partial charge in [-0.1, -0.05) is 115 Å². The highest BCUT2D eigenvalue weighted by Crippen LogP contribution is 2.49. The topological polar surface area (TPSA) is 0 Å². The van der Waals surface area contributed by atoms with Crippen molar-refractivity contribution in [2.45, 2.75) is 0 Å². The maximum absolute atomic E-state index is 2.41. The van der Waals surface area contributed by atoms with Crippen LogP contribution in [-0.4, -0.2) is 0 Å². The number of hydrogen-bond donors (Lipinski definition) is 0. The predicted molar refractivity (Wildman–Crippen MR) is 187 cm³/mol. The lowest BCUT2D eigenvalue weighted by Gasteiger charge is -2.10. The average molecular weight is 561 g/mol. The van der Waals surface area contributed by atoms with Crippen LogP contribution in [0.15, 0.2) is 146 Å². The summed E-state index contributed by atoms with van der Waals surface area (Å²) in [5.41, 5.74) is 10.5. The molecule has 1 heterocycles. The number of fused-ring (bicyclic) bond motifs is 9. The molecule has 0 saturated heterocycles. The Bertz CT molecular complexity index is 2590. The second-order valence-electron chi connectivity index (χ2n) is 11.7. The third kappa shape index (κ3) is 3.31. The molecule has 0 radical (unpaired) electrons. The van der Waals surface area contributed by atoms with Crippen molar-refractivity contribution >= 4 is 63.8 Å². The van der Waals surface area contributed by atoms with Gasteiger partial charge in [0.05, 0.1) is 0 Å². The van der Waals surface area contributed by atoms with Gasteiger partial charge in [-0.2, -0.15) is 0 Å². The molecule has 43 heavy (non-hydrogen) atoms. The summed E-state index contributed by atoms with van der Waals surface area (Å²) in [6.07, 6.45) is 0. The van der Waals surface area contributed by atoms with E-state index in [9.17, 15) is 0 Å². The average Bonchev–Trinajstić information content (AvgIpc) is 3.60. The Morgan fingerprint density at radius 1 is 0.302 bits per heavy atom. The Labute approximate surface area is 253 Å². The minimum atomic E-state index is 1.26. The minimum absolute atomic E-state index is 1.26. The Morgan fingerprint density at radius 2 is 0.884 bits per heavy atom. The fourth-order valence-electron chi connectivity index (χ4n) is 7.38. The van der Waals surface area contributed by atoms with Gasteiger partial charge in [0.15, 0.2) is 0 Å². The van der Waals surface area contributed by atoms with Gasteiger partial charge in [0.25, 0.3) is 0 Å². The maximum Gasteiger partial charge on any atom is 0.0355 e. The summed E-state index contributed by atoms with van der Waals surface area (Å²) in [5, 5.41) is 10.6. The lowest BCUT2D eigenvalue weighted by atomic mass is 9.93. The number of rotatable bonds is 2. The van der Waals surface area contributed by atoms with Crippen LogP contribution in [0.25, 0.3) is 97.0 Å². The Kier molecular flexibility index (Phi) is 4.69. The zero-order valence-corrected chi connectivity index (χ0v) is 24.1. The summed E-state index contributed by atoms with van der Waals surface area (Å²) in [4.78, 5) is 0. The monoisotopic (exact) mass is 560 g/mol. The zero-order valence-electron chi connectivity index (χ0n) is 23.3. The number of thiophene rings is 1. The molecule has 0 nitrogen and oxygen atoms in total. The Morgan fingerprint density at radius 3 is 1.74 bits per heavy atom. The van der Waals surface area contributed by atoms with Crippen molar-refractivity contribution < 1.29 is 0 Å². The Hall–Kier alpha value is -5.24. The van der Waals surface area contributed by atoms with E-state index in [-0.39, 0.29) is 0 Å². The molecule has 0 bridgehead atoms. The van der Waals surface area contributed by atoms with E-state index < -0.39 is 0 Å². The first-order chi connectivity index (χ1) is 21.3. The van der Waals surface area contributed by atoms with Crippen molar-refractivity contribution in [3.8, 4) is 44.5 Å². The molecular formula is C42H24S. The molecule has 0 aliphatic heterocycles. The molecule has 9 aromatic rings. The van der Waals surface area contributed by atoms with Crippen LogP contribution in [0, 0.1) is 0 Å². The molecule has 0 N–H and O–H groups in total. The third-order valence-corrected chi connectivity index (χ3v) is 10.6. The van der Waals surface area contributed by atoms with Gasteiger partial charge >= 0.3 is 0 Å². The quantitative estimate of drug-likeness (QED) is 0.184. The summed E-state index contributed by atoms with van der Waals surface area (Å²) in [5.74, 6) is 0. The molecule has 0 amide bonds. The van der Waals surface area contributed by atoms with E-state index in [1.54, 1.807) is 0 Å². The van der Waals surface area contributed by atoms with Crippen LogP contribution in [0.3, 0.4) is 0 Å². The molecular weight excluding hydrogens is 537 g/mol. The second kappa shape index (κ2) is 8.64. The van der Waals surface area contributed by atoms with Crippen molar-refractivity contribution in [2.75, 3.05) is 0 Å². The maximum atomic E-state index is 2.41. The van der Waals surface area contributed by atoms with Gasteiger partial charge in [0, 0.05) is 20.2 Å². The van der Waals surface area contributed by atoms with E-state index >= 15 is 0 Å². The largest absolute Gasteiger partial charge is 0.135 e. The predicted octanol–water partition coefficient (Wildman–Crippen LogP) is 12.5. The minimum Gasteiger partial charge on any atom is -0.135 e. The normalized spacial score (nSPS) is 12.2. The molecule has 0 atom stereocenters. The summed E-state index contributed by atoms with van der Waals surface area (Å²) in [7, 11) is 0. The summed E-state index contributed by atoms with van der Waals surface area (Å²) < 4.78 is 2.66. The van der Waals surface area contributed by atoms with Crippen LogP contribution in [-0.2, 0) is 0 Å². The molecule has 1 aliphatic rings. The lowest BCUT2D eigenvalue weighted by Crippen LogP contribution is -1.84. The van der Waals surface area contributed by atoms with Crippen LogP contribution in [0.2, 0.25) is 0 Å². The van der Waals surface area contributed by atoms with E-state index in [4.69, 9.17) is 0 Å². The van der Waals surface area contributed by atoms with E-state index in [0.29, 0.717) is 0 Å². The van der Waals surface area contributed by atoms with Crippen molar-refractivity contribution in [2.24, 2.45) is 0 Å². The van der Waals surface area contributed by atoms with Crippen molar-refractivity contribution in [3.63, 3.8) is 0 Å². The van der Waals surface area contributed by atoms with Crippen molar-refractivity contribution in [1.82, 2.24) is 0 Å². The van der Waals surface area contributed by atoms with Crippen molar-refractivity contribution in [1.29, 1.82) is 0 Å². The summed E-state index contributed by atoms with van der Waals surface area (Å²) >= 11 is 1.88. The molecule has 0 unspecified atom stereocenters. The van der Waals surface area contributed by atoms with Gasteiger partial charge in [-0.3, -0.25) is 0 Å². The van der Waals surface area contributed by atoms with Gasteiger partial charge in [-0.05, 0) is 107 Å². The number of hydrogen-bond acceptors (Lipinski definition) is 1. The molecule has 0 fully saturated rings. The molecule has 10 rings (SSSR count). The third-order valence-electron chi connectivity index (χ3n) is 9.41. The van der Waals surface area contributed by atoms with E-state index in [1.807, 2.05) is 11.3 Å². The fourth-order valence-corrected chi connectivity index (χ4v) is 8.44. The lowest BCUT2D eigenvalue weighted by molar-refractivity contribution is 1.69. The Balaban J connectivity index is 1.13. The highest BCUT2D eigenvalue weighted by molar-refractivity contribution is 7.25. The standard InChI is InChI=1S/C42H24S/c1-2-7-30-25(6-1)12-13-28-22-26(14-17-31(28)30)27-15-20-40-38(23-27)39-24-29(16-21-41(39)43-40)32-18-19-37-34-9-4-3-8-33(34)36-11-5-10-35(32)42(36)37/h1-24H. The van der Waals surface area contributed by atoms with Crippen LogP contribution in [0.5, 0.6) is 0 Å². The molecule has 1 heteroatoms. The summed E-state index contributed by atoms with van der Waals surface area (Å²) in [6, 6.07) is 54.3. The van der Waals surface area contributed by atoms with Gasteiger partial charge < -0.3 is 0 Å². The highest BCUT2D eigenvalue weighted by Gasteiger charge is 2.22. The molecule has 0 saturated carbocycles. The van der Waals surface area contributed by atoms with Gasteiger partial charge in [-0.15, -0.1) is 11.3 Å². The first kappa shape index (κ1) is 23.3. The zero-order chi connectivity index (χ0) is 28.1. The molecule has 198 valence electrons. The van der Waals surface area contributed by atoms with E-state index in [1.165, 1.54) is 97.0 Å². The van der Waals surface area contributed by atoms with E-state index in [0.717, 1.165) is 0 Å². The fraction of sp³-hybridized carbons (Fsp3) is 0. The first-order valence-corrected chi connectivity index (χ1v) is 15.7. The molecule has 1 aliphatic carbocycles. The van der Waals surface area contributed by atoms with Gasteiger partial charge in [-0.25, -0.2) is 0 Å². The van der Waals surface area contributed by atoms with Gasteiger partial charge in [0.2, 0.25) is 0 Å². The van der Waals surface area contributed by atoms with E-state index in [2.05, 4.69) is 146 Å². The van der Waals surface area contributed by atoms with Crippen LogP contribution < -0.4 is 0 Å². The SMILES string of the molecule is c1ccc2c(c1)-c1cccc3c(-c4ccc5sc6ccc(-c7ccc8c(ccc9ccccc98)c7)cc6c5c4)ccc-2c13. The van der Waals surface area contributed by atoms with Crippen molar-refractivity contribution in [3.05, 3.63) is 146 Å². The summed E-state index contributed by atoms with van der Waals surface area (Å²) in [6.45, 7) is 0. The second-order valence-corrected chi connectivity index (χ2v) is 12.8. The number of benzene rings is 8. The molecule has 1 aromatic heterocycles. The van der Waals surface area contributed by atoms with Crippen LogP contribution >= 0.6 is 11.3 Å². The molecule has 0 spiro atoms. The smallest absolute Gasteiger partial charge is 0.0355 e. The highest BCUT2D eigenvalue weighted by atomic mass is 32.1.